The molecule has 0 fully saturated rings. The van der Waals surface area contributed by atoms with E-state index in [1.54, 1.807) is 18.2 Å². The SMILES string of the molecule is N#C/C(=C\c1cccc(OCc2ccccc2)c1)c1ccc([N+](=O)[O-])cc1. The van der Waals surface area contributed by atoms with Crippen LogP contribution in [-0.2, 0) is 6.61 Å². The van der Waals surface area contributed by atoms with Crippen LogP contribution < -0.4 is 4.74 Å². The molecule has 0 amide bonds. The van der Waals surface area contributed by atoms with Gasteiger partial charge in [-0.15, -0.1) is 0 Å². The van der Waals surface area contributed by atoms with Crippen LogP contribution in [-0.4, -0.2) is 4.92 Å². The van der Waals surface area contributed by atoms with Crippen LogP contribution in [0, 0.1) is 21.4 Å². The van der Waals surface area contributed by atoms with Crippen molar-refractivity contribution in [3.8, 4) is 11.8 Å². The fourth-order valence-electron chi connectivity index (χ4n) is 2.54. The maximum Gasteiger partial charge on any atom is 0.269 e. The third kappa shape index (κ3) is 4.80. The van der Waals surface area contributed by atoms with E-state index in [-0.39, 0.29) is 5.69 Å². The van der Waals surface area contributed by atoms with E-state index in [0.717, 1.165) is 11.1 Å². The van der Waals surface area contributed by atoms with Gasteiger partial charge in [0.15, 0.2) is 0 Å². The van der Waals surface area contributed by atoms with Crippen molar-refractivity contribution in [2.75, 3.05) is 0 Å². The van der Waals surface area contributed by atoms with Crippen LogP contribution in [0.4, 0.5) is 5.69 Å². The van der Waals surface area contributed by atoms with Crippen molar-refractivity contribution in [1.82, 2.24) is 0 Å². The summed E-state index contributed by atoms with van der Waals surface area (Å²) in [6, 6.07) is 25.4. The van der Waals surface area contributed by atoms with E-state index in [2.05, 4.69) is 6.07 Å². The van der Waals surface area contributed by atoms with Crippen LogP contribution in [0.15, 0.2) is 78.9 Å². The van der Waals surface area contributed by atoms with E-state index in [0.29, 0.717) is 23.5 Å². The Hall–Kier alpha value is -3.91. The molecule has 0 spiro atoms. The molecule has 5 nitrogen and oxygen atoms in total. The van der Waals surface area contributed by atoms with Crippen LogP contribution in [0.5, 0.6) is 5.75 Å². The van der Waals surface area contributed by atoms with Crippen LogP contribution in [0.3, 0.4) is 0 Å². The summed E-state index contributed by atoms with van der Waals surface area (Å²) in [5, 5.41) is 20.2. The van der Waals surface area contributed by atoms with Gasteiger partial charge in [-0.2, -0.15) is 5.26 Å². The number of ether oxygens (including phenoxy) is 1. The lowest BCUT2D eigenvalue weighted by Crippen LogP contribution is -1.95. The summed E-state index contributed by atoms with van der Waals surface area (Å²) >= 11 is 0. The highest BCUT2D eigenvalue weighted by Crippen LogP contribution is 2.23. The summed E-state index contributed by atoms with van der Waals surface area (Å²) in [6.07, 6.45) is 1.73. The van der Waals surface area contributed by atoms with Crippen LogP contribution in [0.2, 0.25) is 0 Å². The zero-order valence-electron chi connectivity index (χ0n) is 14.4. The molecule has 0 aromatic heterocycles. The molecule has 132 valence electrons. The van der Waals surface area contributed by atoms with Crippen molar-refractivity contribution in [2.24, 2.45) is 0 Å². The maximum atomic E-state index is 10.8. The molecule has 0 bridgehead atoms. The first-order chi connectivity index (χ1) is 13.2. The Morgan fingerprint density at radius 3 is 2.44 bits per heavy atom. The Labute approximate surface area is 156 Å². The second-order valence-electron chi connectivity index (χ2n) is 5.82. The van der Waals surface area contributed by atoms with E-state index in [9.17, 15) is 15.4 Å². The molecule has 0 N–H and O–H groups in total. The molecule has 0 atom stereocenters. The van der Waals surface area contributed by atoms with E-state index < -0.39 is 4.92 Å². The van der Waals surface area contributed by atoms with Gasteiger partial charge in [0.25, 0.3) is 5.69 Å². The smallest absolute Gasteiger partial charge is 0.269 e. The van der Waals surface area contributed by atoms with Crippen molar-refractivity contribution >= 4 is 17.3 Å². The zero-order chi connectivity index (χ0) is 19.1. The largest absolute Gasteiger partial charge is 0.489 e. The molecule has 0 aliphatic carbocycles. The van der Waals surface area contributed by atoms with Crippen molar-refractivity contribution < 1.29 is 9.66 Å². The average molecular weight is 356 g/mol. The first kappa shape index (κ1) is 17.9. The minimum absolute atomic E-state index is 0.00708. The Morgan fingerprint density at radius 1 is 1.04 bits per heavy atom. The first-order valence-electron chi connectivity index (χ1n) is 8.29. The standard InChI is InChI=1S/C22H16N2O3/c23-15-20(19-9-11-21(12-10-19)24(25)26)13-18-7-4-8-22(14-18)27-16-17-5-2-1-3-6-17/h1-14H,16H2/b20-13+. The van der Waals surface area contributed by atoms with Crippen LogP contribution in [0.1, 0.15) is 16.7 Å². The molecular weight excluding hydrogens is 340 g/mol. The molecule has 3 aromatic carbocycles. The van der Waals surface area contributed by atoms with E-state index >= 15 is 0 Å². The predicted molar refractivity (Wildman–Crippen MR) is 104 cm³/mol. The Kier molecular flexibility index (Phi) is 5.60. The Balaban J connectivity index is 1.78. The number of nitriles is 1. The molecular formula is C22H16N2O3. The molecule has 0 aliphatic rings. The normalized spacial score (nSPS) is 10.9. The lowest BCUT2D eigenvalue weighted by atomic mass is 10.0. The number of rotatable bonds is 6. The van der Waals surface area contributed by atoms with Crippen LogP contribution in [0.25, 0.3) is 11.6 Å². The van der Waals surface area contributed by atoms with Gasteiger partial charge in [-0.3, -0.25) is 10.1 Å². The monoisotopic (exact) mass is 356 g/mol. The number of allylic oxidation sites excluding steroid dienone is 1. The molecule has 3 rings (SSSR count). The van der Waals surface area contributed by atoms with Gasteiger partial charge in [0.05, 0.1) is 16.6 Å². The fourth-order valence-corrected chi connectivity index (χ4v) is 2.54. The molecule has 0 aliphatic heterocycles. The molecule has 0 saturated carbocycles. The number of nitrogens with zero attached hydrogens (tertiary/aromatic N) is 2. The van der Waals surface area contributed by atoms with Gasteiger partial charge in [0.2, 0.25) is 0 Å². The molecule has 0 unspecified atom stereocenters. The molecule has 27 heavy (non-hydrogen) atoms. The quantitative estimate of drug-likeness (QED) is 0.262. The number of benzene rings is 3. The molecule has 0 heterocycles. The summed E-state index contributed by atoms with van der Waals surface area (Å²) in [7, 11) is 0. The van der Waals surface area contributed by atoms with Crippen LogP contribution >= 0.6 is 0 Å². The lowest BCUT2D eigenvalue weighted by molar-refractivity contribution is -0.384. The Morgan fingerprint density at radius 2 is 1.78 bits per heavy atom. The molecule has 0 radical (unpaired) electrons. The first-order valence-corrected chi connectivity index (χ1v) is 8.29. The lowest BCUT2D eigenvalue weighted by Gasteiger charge is -2.07. The number of non-ortho nitro benzene ring substituents is 1. The van der Waals surface area contributed by atoms with Gasteiger partial charge in [-0.05, 0) is 47.0 Å². The third-order valence-electron chi connectivity index (χ3n) is 3.93. The summed E-state index contributed by atoms with van der Waals surface area (Å²) in [4.78, 5) is 10.3. The summed E-state index contributed by atoms with van der Waals surface area (Å²) in [5.41, 5.74) is 2.92. The number of hydrogen-bond acceptors (Lipinski definition) is 4. The summed E-state index contributed by atoms with van der Waals surface area (Å²) in [5.74, 6) is 0.702. The predicted octanol–water partition coefficient (Wildman–Crippen LogP) is 5.24. The minimum Gasteiger partial charge on any atom is -0.489 e. The van der Waals surface area contributed by atoms with Crippen molar-refractivity contribution in [1.29, 1.82) is 5.26 Å². The summed E-state index contributed by atoms with van der Waals surface area (Å²) in [6.45, 7) is 0.460. The Bertz CT molecular complexity index is 1000. The highest BCUT2D eigenvalue weighted by Gasteiger charge is 2.07. The number of nitro groups is 1. The molecule has 5 heteroatoms. The third-order valence-corrected chi connectivity index (χ3v) is 3.93. The molecule has 3 aromatic rings. The highest BCUT2D eigenvalue weighted by atomic mass is 16.6. The second-order valence-corrected chi connectivity index (χ2v) is 5.82. The van der Waals surface area contributed by atoms with Crippen molar-refractivity contribution in [2.45, 2.75) is 6.61 Å². The zero-order valence-corrected chi connectivity index (χ0v) is 14.4. The van der Waals surface area contributed by atoms with Gasteiger partial charge in [-0.25, -0.2) is 0 Å². The number of nitro benzene ring substituents is 1. The maximum absolute atomic E-state index is 10.8. The van der Waals surface area contributed by atoms with Gasteiger partial charge in [-0.1, -0.05) is 42.5 Å². The van der Waals surface area contributed by atoms with Gasteiger partial charge >= 0.3 is 0 Å². The van der Waals surface area contributed by atoms with Gasteiger partial charge < -0.3 is 4.74 Å². The van der Waals surface area contributed by atoms with Crippen molar-refractivity contribution in [3.05, 3.63) is 106 Å². The second kappa shape index (κ2) is 8.45. The minimum atomic E-state index is -0.465. The van der Waals surface area contributed by atoms with E-state index in [1.807, 2.05) is 54.6 Å². The average Bonchev–Trinajstić information content (AvgIpc) is 2.71. The van der Waals surface area contributed by atoms with Crippen molar-refractivity contribution in [3.63, 3.8) is 0 Å². The van der Waals surface area contributed by atoms with E-state index in [4.69, 9.17) is 4.74 Å². The topological polar surface area (TPSA) is 76.2 Å². The highest BCUT2D eigenvalue weighted by molar-refractivity contribution is 5.89. The number of hydrogen-bond donors (Lipinski definition) is 0. The molecule has 0 saturated heterocycles. The summed E-state index contributed by atoms with van der Waals surface area (Å²) < 4.78 is 5.81. The fraction of sp³-hybridized carbons (Fsp3) is 0.0455. The van der Waals surface area contributed by atoms with Gasteiger partial charge in [0.1, 0.15) is 12.4 Å². The van der Waals surface area contributed by atoms with Gasteiger partial charge in [0, 0.05) is 12.1 Å². The van der Waals surface area contributed by atoms with E-state index in [1.165, 1.54) is 12.1 Å².